The lowest BCUT2D eigenvalue weighted by atomic mass is 9.79. The summed E-state index contributed by atoms with van der Waals surface area (Å²) in [6.07, 6.45) is 3.00. The van der Waals surface area contributed by atoms with Crippen LogP contribution in [0.15, 0.2) is 18.2 Å². The van der Waals surface area contributed by atoms with Crippen molar-refractivity contribution in [2.24, 2.45) is 11.8 Å². The number of aliphatic hydroxyl groups is 2. The van der Waals surface area contributed by atoms with Crippen LogP contribution < -0.4 is 4.74 Å². The van der Waals surface area contributed by atoms with Gasteiger partial charge < -0.3 is 20.1 Å². The maximum atomic E-state index is 15.7. The largest absolute Gasteiger partial charge is 0.481 e. The number of carboxylic acid groups (broad SMARTS) is 1. The third kappa shape index (κ3) is 7.34. The molecule has 0 saturated heterocycles. The van der Waals surface area contributed by atoms with Crippen molar-refractivity contribution < 1.29 is 38.0 Å². The molecule has 1 aromatic rings. The molecule has 0 radical (unpaired) electrons. The minimum atomic E-state index is -1.92. The number of alkyl halides is 1. The van der Waals surface area contributed by atoms with Gasteiger partial charge in [-0.15, -0.1) is 0 Å². The van der Waals surface area contributed by atoms with E-state index in [0.717, 1.165) is 25.3 Å². The second-order valence-electron chi connectivity index (χ2n) is 9.95. The topological polar surface area (TPSA) is 87.0 Å². The van der Waals surface area contributed by atoms with Gasteiger partial charge in [0.05, 0.1) is 12.2 Å². The SMILES string of the molecule is CC(F)(CCC1C(O)CC(O)C1CCCCCCC(=O)O)C(C)(C)Oc1cccc(F)c1F. The van der Waals surface area contributed by atoms with Gasteiger partial charge in [-0.2, -0.15) is 4.39 Å². The van der Waals surface area contributed by atoms with Gasteiger partial charge in [0, 0.05) is 6.42 Å². The van der Waals surface area contributed by atoms with Crippen LogP contribution in [-0.4, -0.2) is 44.8 Å². The monoisotopic (exact) mass is 474 g/mol. The van der Waals surface area contributed by atoms with E-state index in [1.54, 1.807) is 0 Å². The Hall–Kier alpha value is -1.80. The zero-order chi connectivity index (χ0) is 24.8. The second-order valence-corrected chi connectivity index (χ2v) is 9.95. The van der Waals surface area contributed by atoms with Crippen LogP contribution in [0, 0.1) is 23.5 Å². The highest BCUT2D eigenvalue weighted by Gasteiger charge is 2.47. The maximum absolute atomic E-state index is 15.7. The summed E-state index contributed by atoms with van der Waals surface area (Å²) in [5, 5.41) is 29.6. The fourth-order valence-corrected chi connectivity index (χ4v) is 4.67. The first-order valence-electron chi connectivity index (χ1n) is 11.8. The van der Waals surface area contributed by atoms with Gasteiger partial charge in [-0.3, -0.25) is 4.79 Å². The number of rotatable bonds is 13. The van der Waals surface area contributed by atoms with Crippen LogP contribution in [0.3, 0.4) is 0 Å². The minimum Gasteiger partial charge on any atom is -0.481 e. The van der Waals surface area contributed by atoms with Crippen LogP contribution in [0.25, 0.3) is 0 Å². The molecule has 8 heteroatoms. The Morgan fingerprint density at radius 1 is 1.03 bits per heavy atom. The smallest absolute Gasteiger partial charge is 0.303 e. The highest BCUT2D eigenvalue weighted by Crippen LogP contribution is 2.43. The summed E-state index contributed by atoms with van der Waals surface area (Å²) in [6.45, 7) is 4.30. The van der Waals surface area contributed by atoms with Crippen molar-refractivity contribution in [2.45, 2.75) is 102 Å². The predicted octanol–water partition coefficient (Wildman–Crippen LogP) is 5.41. The summed E-state index contributed by atoms with van der Waals surface area (Å²) in [7, 11) is 0. The zero-order valence-corrected chi connectivity index (χ0v) is 19.7. The summed E-state index contributed by atoms with van der Waals surface area (Å²) >= 11 is 0. The summed E-state index contributed by atoms with van der Waals surface area (Å²) in [4.78, 5) is 10.6. The highest BCUT2D eigenvalue weighted by molar-refractivity contribution is 5.66. The lowest BCUT2D eigenvalue weighted by Gasteiger charge is -2.39. The van der Waals surface area contributed by atoms with Crippen molar-refractivity contribution in [3.63, 3.8) is 0 Å². The first kappa shape index (κ1) is 27.4. The summed E-state index contributed by atoms with van der Waals surface area (Å²) in [6, 6.07) is 3.50. The minimum absolute atomic E-state index is 0.0144. The number of aliphatic hydroxyl groups excluding tert-OH is 2. The third-order valence-corrected chi connectivity index (χ3v) is 7.18. The number of ether oxygens (including phenoxy) is 1. The maximum Gasteiger partial charge on any atom is 0.303 e. The lowest BCUT2D eigenvalue weighted by Crippen LogP contribution is -2.49. The van der Waals surface area contributed by atoms with E-state index in [2.05, 4.69) is 0 Å². The predicted molar refractivity (Wildman–Crippen MR) is 119 cm³/mol. The Morgan fingerprint density at radius 3 is 2.27 bits per heavy atom. The summed E-state index contributed by atoms with van der Waals surface area (Å²) in [5.41, 5.74) is -3.39. The molecule has 2 rings (SSSR count). The molecule has 1 saturated carbocycles. The molecule has 0 aromatic heterocycles. The fourth-order valence-electron chi connectivity index (χ4n) is 4.67. The van der Waals surface area contributed by atoms with E-state index in [0.29, 0.717) is 19.3 Å². The Morgan fingerprint density at radius 2 is 1.64 bits per heavy atom. The van der Waals surface area contributed by atoms with Gasteiger partial charge in [-0.05, 0) is 76.8 Å². The van der Waals surface area contributed by atoms with E-state index < -0.39 is 41.1 Å². The van der Waals surface area contributed by atoms with Crippen molar-refractivity contribution in [2.75, 3.05) is 0 Å². The van der Waals surface area contributed by atoms with Crippen LogP contribution in [-0.2, 0) is 4.79 Å². The van der Waals surface area contributed by atoms with Gasteiger partial charge in [0.2, 0.25) is 5.82 Å². The lowest BCUT2D eigenvalue weighted by molar-refractivity contribution is -0.137. The molecule has 0 amide bonds. The molecule has 33 heavy (non-hydrogen) atoms. The second kappa shape index (κ2) is 11.6. The molecule has 1 fully saturated rings. The van der Waals surface area contributed by atoms with E-state index in [-0.39, 0.29) is 36.8 Å². The molecule has 5 unspecified atom stereocenters. The van der Waals surface area contributed by atoms with Crippen molar-refractivity contribution >= 4 is 5.97 Å². The molecule has 0 aliphatic heterocycles. The van der Waals surface area contributed by atoms with Gasteiger partial charge >= 0.3 is 5.97 Å². The molecule has 188 valence electrons. The summed E-state index contributed by atoms with van der Waals surface area (Å²) in [5.74, 6) is -3.86. The number of benzene rings is 1. The number of halogens is 3. The molecule has 1 aromatic carbocycles. The van der Waals surface area contributed by atoms with Gasteiger partial charge in [-0.1, -0.05) is 25.3 Å². The third-order valence-electron chi connectivity index (χ3n) is 7.18. The average molecular weight is 475 g/mol. The zero-order valence-electron chi connectivity index (χ0n) is 19.7. The Labute approximate surface area is 194 Å². The van der Waals surface area contributed by atoms with E-state index in [1.807, 2.05) is 0 Å². The number of carbonyl (C=O) groups is 1. The van der Waals surface area contributed by atoms with Crippen LogP contribution in [0.1, 0.15) is 78.6 Å². The first-order chi connectivity index (χ1) is 15.4. The first-order valence-corrected chi connectivity index (χ1v) is 11.8. The normalized spacial score (nSPS) is 25.1. The highest BCUT2D eigenvalue weighted by atomic mass is 19.2. The van der Waals surface area contributed by atoms with Crippen molar-refractivity contribution in [1.82, 2.24) is 0 Å². The summed E-state index contributed by atoms with van der Waals surface area (Å²) < 4.78 is 48.8. The molecule has 5 atom stereocenters. The molecule has 3 N–H and O–H groups in total. The van der Waals surface area contributed by atoms with E-state index in [9.17, 15) is 23.8 Å². The van der Waals surface area contributed by atoms with E-state index >= 15 is 4.39 Å². The standard InChI is InChI=1S/C25H37F3O5/c1-24(2,33-21-11-8-10-18(26)23(21)27)25(3,28)14-13-17-16(19(29)15-20(17)30)9-6-4-5-7-12-22(31)32/h8,10-11,16-17,19-20,29-30H,4-7,9,12-15H2,1-3H3,(H,31,32). The molecule has 0 heterocycles. The molecular formula is C25H37F3O5. The molecule has 0 spiro atoms. The number of aliphatic carboxylic acids is 1. The average Bonchev–Trinajstić information content (AvgIpc) is 2.98. The molecular weight excluding hydrogens is 437 g/mol. The van der Waals surface area contributed by atoms with Gasteiger partial charge in [-0.25, -0.2) is 8.78 Å². The number of carboxylic acids is 1. The Bertz CT molecular complexity index is 783. The molecule has 1 aliphatic carbocycles. The van der Waals surface area contributed by atoms with Crippen LogP contribution in [0.2, 0.25) is 0 Å². The van der Waals surface area contributed by atoms with Crippen LogP contribution in [0.4, 0.5) is 13.2 Å². The number of unbranched alkanes of at least 4 members (excludes halogenated alkanes) is 3. The van der Waals surface area contributed by atoms with Crippen molar-refractivity contribution in [3.05, 3.63) is 29.8 Å². The quantitative estimate of drug-likeness (QED) is 0.333. The molecule has 5 nitrogen and oxygen atoms in total. The van der Waals surface area contributed by atoms with E-state index in [1.165, 1.54) is 32.9 Å². The van der Waals surface area contributed by atoms with Crippen LogP contribution >= 0.6 is 0 Å². The fraction of sp³-hybridized carbons (Fsp3) is 0.720. The Kier molecular flexibility index (Phi) is 9.61. The van der Waals surface area contributed by atoms with Gasteiger partial charge in [0.25, 0.3) is 0 Å². The molecule has 1 aliphatic rings. The molecule has 0 bridgehead atoms. The van der Waals surface area contributed by atoms with Crippen molar-refractivity contribution in [3.8, 4) is 5.75 Å². The van der Waals surface area contributed by atoms with Gasteiger partial charge in [0.1, 0.15) is 11.3 Å². The van der Waals surface area contributed by atoms with E-state index in [4.69, 9.17) is 9.84 Å². The van der Waals surface area contributed by atoms with Crippen molar-refractivity contribution in [1.29, 1.82) is 0 Å². The van der Waals surface area contributed by atoms with Crippen LogP contribution in [0.5, 0.6) is 5.75 Å². The number of hydrogen-bond acceptors (Lipinski definition) is 4. The Balaban J connectivity index is 1.94. The van der Waals surface area contributed by atoms with Gasteiger partial charge in [0.15, 0.2) is 11.6 Å². The number of hydrogen-bond donors (Lipinski definition) is 3.